The zero-order valence-corrected chi connectivity index (χ0v) is 21.4. The molecule has 1 fully saturated rings. The topological polar surface area (TPSA) is 58.6 Å². The summed E-state index contributed by atoms with van der Waals surface area (Å²) in [5, 5.41) is 3.16. The second-order valence-electron chi connectivity index (χ2n) is 9.16. The summed E-state index contributed by atoms with van der Waals surface area (Å²) in [6.45, 7) is 6.29. The van der Waals surface area contributed by atoms with Crippen molar-refractivity contribution >= 4 is 27.7 Å². The fourth-order valence-electron chi connectivity index (χ4n) is 4.15. The molecule has 0 aromatic heterocycles. The zero-order chi connectivity index (χ0) is 23.8. The maximum Gasteiger partial charge on any atom is 0.261 e. The van der Waals surface area contributed by atoms with Crippen molar-refractivity contribution in [3.8, 4) is 5.75 Å². The number of carbonyl (C=O) groups is 2. The maximum atomic E-state index is 13.3. The summed E-state index contributed by atoms with van der Waals surface area (Å²) in [5.74, 6) is 0.701. The molecule has 0 radical (unpaired) electrons. The number of nitrogens with zero attached hydrogens (tertiary/aromatic N) is 1. The van der Waals surface area contributed by atoms with Gasteiger partial charge in [0.1, 0.15) is 11.8 Å². The second kappa shape index (κ2) is 12.2. The Bertz CT molecular complexity index is 926. The molecule has 6 heteroatoms. The van der Waals surface area contributed by atoms with E-state index in [0.717, 1.165) is 35.7 Å². The van der Waals surface area contributed by atoms with E-state index < -0.39 is 6.04 Å². The summed E-state index contributed by atoms with van der Waals surface area (Å²) in [4.78, 5) is 27.9. The Balaban J connectivity index is 1.69. The summed E-state index contributed by atoms with van der Waals surface area (Å²) in [6.07, 6.45) is 5.53. The average Bonchev–Trinajstić information content (AvgIpc) is 2.82. The molecule has 2 aromatic carbocycles. The molecule has 1 aliphatic carbocycles. The molecule has 1 aliphatic rings. The molecule has 1 saturated carbocycles. The smallest absolute Gasteiger partial charge is 0.261 e. The molecule has 0 spiro atoms. The third-order valence-electron chi connectivity index (χ3n) is 6.29. The molecule has 1 atom stereocenters. The van der Waals surface area contributed by atoms with Gasteiger partial charge >= 0.3 is 0 Å². The molecule has 0 bridgehead atoms. The van der Waals surface area contributed by atoms with Crippen molar-refractivity contribution in [1.29, 1.82) is 0 Å². The Kier molecular flexibility index (Phi) is 9.36. The number of nitrogens with one attached hydrogen (secondary N) is 1. The van der Waals surface area contributed by atoms with Crippen LogP contribution in [0.25, 0.3) is 0 Å². The first kappa shape index (κ1) is 25.3. The van der Waals surface area contributed by atoms with Crippen molar-refractivity contribution in [2.45, 2.75) is 77.4 Å². The second-order valence-corrected chi connectivity index (χ2v) is 10.0. The van der Waals surface area contributed by atoms with Crippen LogP contribution in [0, 0.1) is 0 Å². The van der Waals surface area contributed by atoms with Gasteiger partial charge in [-0.1, -0.05) is 69.5 Å². The van der Waals surface area contributed by atoms with Gasteiger partial charge < -0.3 is 15.0 Å². The molecule has 0 saturated heterocycles. The molecule has 2 aromatic rings. The van der Waals surface area contributed by atoms with Crippen LogP contribution in [0.1, 0.15) is 69.9 Å². The first-order chi connectivity index (χ1) is 15.8. The minimum atomic E-state index is -0.588. The van der Waals surface area contributed by atoms with E-state index in [9.17, 15) is 9.59 Å². The van der Waals surface area contributed by atoms with Gasteiger partial charge in [0.15, 0.2) is 6.61 Å². The largest absolute Gasteiger partial charge is 0.483 e. The van der Waals surface area contributed by atoms with Gasteiger partial charge in [-0.3, -0.25) is 9.59 Å². The summed E-state index contributed by atoms with van der Waals surface area (Å²) >= 11 is 3.55. The van der Waals surface area contributed by atoms with E-state index in [4.69, 9.17) is 4.74 Å². The van der Waals surface area contributed by atoms with Crippen LogP contribution < -0.4 is 10.1 Å². The number of hydrogen-bond donors (Lipinski definition) is 1. The molecule has 0 heterocycles. The lowest BCUT2D eigenvalue weighted by atomic mass is 9.95. The van der Waals surface area contributed by atoms with Gasteiger partial charge in [-0.05, 0) is 64.9 Å². The lowest BCUT2D eigenvalue weighted by Gasteiger charge is -2.31. The van der Waals surface area contributed by atoms with Gasteiger partial charge in [0.2, 0.25) is 5.91 Å². The Morgan fingerprint density at radius 2 is 1.76 bits per heavy atom. The molecule has 1 N–H and O–H groups in total. The number of benzene rings is 2. The highest BCUT2D eigenvalue weighted by molar-refractivity contribution is 9.10. The minimum Gasteiger partial charge on any atom is -0.483 e. The zero-order valence-electron chi connectivity index (χ0n) is 19.9. The molecular weight excluding hydrogens is 480 g/mol. The minimum absolute atomic E-state index is 0.103. The third-order valence-corrected chi connectivity index (χ3v) is 6.91. The Morgan fingerprint density at radius 1 is 1.06 bits per heavy atom. The van der Waals surface area contributed by atoms with Crippen LogP contribution in [-0.2, 0) is 16.1 Å². The van der Waals surface area contributed by atoms with E-state index in [1.54, 1.807) is 11.8 Å². The molecule has 0 aliphatic heterocycles. The van der Waals surface area contributed by atoms with Crippen molar-refractivity contribution in [3.63, 3.8) is 0 Å². The predicted molar refractivity (Wildman–Crippen MR) is 135 cm³/mol. The van der Waals surface area contributed by atoms with Crippen molar-refractivity contribution < 1.29 is 14.3 Å². The number of halogens is 1. The molecule has 178 valence electrons. The SMILES string of the molecule is CC(C)c1ccc(OCC(=O)N(Cc2ccccc2)C(C)C(=O)NC2CCCCC2)c(Br)c1. The van der Waals surface area contributed by atoms with Crippen molar-refractivity contribution in [2.24, 2.45) is 0 Å². The highest BCUT2D eigenvalue weighted by Crippen LogP contribution is 2.29. The van der Waals surface area contributed by atoms with Gasteiger partial charge in [0.05, 0.1) is 4.47 Å². The van der Waals surface area contributed by atoms with Crippen LogP contribution in [0.2, 0.25) is 0 Å². The van der Waals surface area contributed by atoms with E-state index in [1.165, 1.54) is 12.0 Å². The fourth-order valence-corrected chi connectivity index (χ4v) is 4.66. The fraction of sp³-hybridized carbons (Fsp3) is 0.481. The van der Waals surface area contributed by atoms with Crippen LogP contribution in [0.3, 0.4) is 0 Å². The number of carbonyl (C=O) groups excluding carboxylic acids is 2. The molecule has 5 nitrogen and oxygen atoms in total. The number of ether oxygens (including phenoxy) is 1. The van der Waals surface area contributed by atoms with E-state index in [1.807, 2.05) is 48.5 Å². The van der Waals surface area contributed by atoms with Gasteiger partial charge in [0, 0.05) is 12.6 Å². The summed E-state index contributed by atoms with van der Waals surface area (Å²) < 4.78 is 6.68. The van der Waals surface area contributed by atoms with Crippen molar-refractivity contribution in [2.75, 3.05) is 6.61 Å². The van der Waals surface area contributed by atoms with Crippen LogP contribution in [0.5, 0.6) is 5.75 Å². The van der Waals surface area contributed by atoms with E-state index in [-0.39, 0.29) is 24.5 Å². The lowest BCUT2D eigenvalue weighted by Crippen LogP contribution is -2.51. The number of rotatable bonds is 9. The van der Waals surface area contributed by atoms with E-state index >= 15 is 0 Å². The van der Waals surface area contributed by atoms with Crippen LogP contribution in [0.4, 0.5) is 0 Å². The Hall–Kier alpha value is -2.34. The maximum absolute atomic E-state index is 13.3. The number of hydrogen-bond acceptors (Lipinski definition) is 3. The summed E-state index contributed by atoms with van der Waals surface area (Å²) in [6, 6.07) is 15.3. The molecule has 33 heavy (non-hydrogen) atoms. The van der Waals surface area contributed by atoms with Gasteiger partial charge in [-0.25, -0.2) is 0 Å². The van der Waals surface area contributed by atoms with Crippen molar-refractivity contribution in [1.82, 2.24) is 10.2 Å². The molecular formula is C27H35BrN2O3. The van der Waals surface area contributed by atoms with Crippen LogP contribution in [0.15, 0.2) is 53.0 Å². The Labute approximate surface area is 206 Å². The Morgan fingerprint density at radius 3 is 2.39 bits per heavy atom. The quantitative estimate of drug-likeness (QED) is 0.458. The molecule has 3 rings (SSSR count). The summed E-state index contributed by atoms with van der Waals surface area (Å²) in [7, 11) is 0. The molecule has 2 amide bonds. The van der Waals surface area contributed by atoms with Gasteiger partial charge in [0.25, 0.3) is 5.91 Å². The first-order valence-corrected chi connectivity index (χ1v) is 12.7. The van der Waals surface area contributed by atoms with E-state index in [2.05, 4.69) is 35.1 Å². The van der Waals surface area contributed by atoms with Crippen LogP contribution in [-0.4, -0.2) is 35.4 Å². The van der Waals surface area contributed by atoms with Gasteiger partial charge in [-0.2, -0.15) is 0 Å². The standard InChI is InChI=1S/C27H35BrN2O3/c1-19(2)22-14-15-25(24(28)16-22)33-18-26(31)30(17-21-10-6-4-7-11-21)20(3)27(32)29-23-12-8-5-9-13-23/h4,6-7,10-11,14-16,19-20,23H,5,8-9,12-13,17-18H2,1-3H3,(H,29,32). The molecule has 1 unspecified atom stereocenters. The lowest BCUT2D eigenvalue weighted by molar-refractivity contribution is -0.142. The third kappa shape index (κ3) is 7.32. The van der Waals surface area contributed by atoms with Crippen LogP contribution >= 0.6 is 15.9 Å². The predicted octanol–water partition coefficient (Wildman–Crippen LogP) is 5.82. The highest BCUT2D eigenvalue weighted by Gasteiger charge is 2.28. The average molecular weight is 515 g/mol. The highest BCUT2D eigenvalue weighted by atomic mass is 79.9. The van der Waals surface area contributed by atoms with Crippen molar-refractivity contribution in [3.05, 3.63) is 64.1 Å². The van der Waals surface area contributed by atoms with Gasteiger partial charge in [-0.15, -0.1) is 0 Å². The normalized spacial score (nSPS) is 15.2. The van der Waals surface area contributed by atoms with E-state index in [0.29, 0.717) is 18.2 Å². The monoisotopic (exact) mass is 514 g/mol. The number of amides is 2. The summed E-state index contributed by atoms with van der Waals surface area (Å²) in [5.41, 5.74) is 2.17. The first-order valence-electron chi connectivity index (χ1n) is 11.9.